The number of amides is 1. The molecule has 0 N–H and O–H groups in total. The molecule has 1 amide bonds. The summed E-state index contributed by atoms with van der Waals surface area (Å²) in [4.78, 5) is 12.9. The maximum atomic E-state index is 13.7. The van der Waals surface area contributed by atoms with Crippen LogP contribution in [-0.4, -0.2) is 25.1 Å². The lowest BCUT2D eigenvalue weighted by Crippen LogP contribution is -2.25. The fourth-order valence-corrected chi connectivity index (χ4v) is 2.01. The Bertz CT molecular complexity index is 730. The Hall–Kier alpha value is -2.54. The van der Waals surface area contributed by atoms with Crippen LogP contribution in [-0.2, 0) is 0 Å². The van der Waals surface area contributed by atoms with E-state index >= 15 is 0 Å². The van der Waals surface area contributed by atoms with Crippen LogP contribution in [0.2, 0.25) is 0 Å². The maximum absolute atomic E-state index is 13.7. The highest BCUT2D eigenvalue weighted by Crippen LogP contribution is 2.29. The SMILES string of the molecule is C#Cc1c(F)ccc2cc(OC(=O)N(C)C)cc(C)c12.CC. The Kier molecular flexibility index (Phi) is 5.94. The van der Waals surface area contributed by atoms with E-state index in [0.29, 0.717) is 11.1 Å². The van der Waals surface area contributed by atoms with Gasteiger partial charge in [0, 0.05) is 19.5 Å². The molecule has 0 atom stereocenters. The van der Waals surface area contributed by atoms with Gasteiger partial charge in [0.2, 0.25) is 0 Å². The van der Waals surface area contributed by atoms with Gasteiger partial charge in [-0.15, -0.1) is 6.42 Å². The van der Waals surface area contributed by atoms with E-state index in [2.05, 4.69) is 5.92 Å². The van der Waals surface area contributed by atoms with Gasteiger partial charge >= 0.3 is 6.09 Å². The fourth-order valence-electron chi connectivity index (χ4n) is 2.01. The highest BCUT2D eigenvalue weighted by molar-refractivity contribution is 5.92. The summed E-state index contributed by atoms with van der Waals surface area (Å²) in [6.45, 7) is 5.80. The second-order valence-corrected chi connectivity index (χ2v) is 4.67. The van der Waals surface area contributed by atoms with Gasteiger partial charge in [0.1, 0.15) is 11.6 Å². The largest absolute Gasteiger partial charge is 0.414 e. The van der Waals surface area contributed by atoms with Crippen LogP contribution in [0.25, 0.3) is 10.8 Å². The van der Waals surface area contributed by atoms with Gasteiger partial charge in [-0.25, -0.2) is 9.18 Å². The van der Waals surface area contributed by atoms with E-state index in [-0.39, 0.29) is 5.56 Å². The molecule has 0 unspecified atom stereocenters. The molecule has 0 heterocycles. The molecular weight excluding hydrogens is 281 g/mol. The predicted octanol–water partition coefficient (Wildman–Crippen LogP) is 4.36. The summed E-state index contributed by atoms with van der Waals surface area (Å²) in [5.74, 6) is 2.34. The second kappa shape index (κ2) is 7.46. The molecule has 3 nitrogen and oxygen atoms in total. The molecule has 0 aliphatic heterocycles. The molecule has 4 heteroatoms. The lowest BCUT2D eigenvalue weighted by atomic mass is 9.99. The normalized spacial score (nSPS) is 9.50. The summed E-state index contributed by atoms with van der Waals surface area (Å²) in [5, 5.41) is 1.40. The zero-order valence-corrected chi connectivity index (χ0v) is 13.5. The number of aryl methyl sites for hydroxylation is 1. The zero-order valence-electron chi connectivity index (χ0n) is 13.5. The predicted molar refractivity (Wildman–Crippen MR) is 87.6 cm³/mol. The maximum Gasteiger partial charge on any atom is 0.414 e. The van der Waals surface area contributed by atoms with Crippen LogP contribution in [0.3, 0.4) is 0 Å². The van der Waals surface area contributed by atoms with Gasteiger partial charge in [0.15, 0.2) is 0 Å². The number of hydrogen-bond acceptors (Lipinski definition) is 2. The minimum atomic E-state index is -0.469. The first-order valence-electron chi connectivity index (χ1n) is 7.02. The Balaban J connectivity index is 0.00000116. The summed E-state index contributed by atoms with van der Waals surface area (Å²) in [6, 6.07) is 6.27. The number of fused-ring (bicyclic) bond motifs is 1. The van der Waals surface area contributed by atoms with E-state index in [1.165, 1.54) is 11.0 Å². The number of rotatable bonds is 1. The van der Waals surface area contributed by atoms with Crippen molar-refractivity contribution in [1.82, 2.24) is 4.90 Å². The van der Waals surface area contributed by atoms with Crippen molar-refractivity contribution in [1.29, 1.82) is 0 Å². The topological polar surface area (TPSA) is 29.5 Å². The van der Waals surface area contributed by atoms with Crippen LogP contribution >= 0.6 is 0 Å². The van der Waals surface area contributed by atoms with Gasteiger partial charge in [-0.2, -0.15) is 0 Å². The third kappa shape index (κ3) is 3.56. The number of carbonyl (C=O) groups is 1. The summed E-state index contributed by atoms with van der Waals surface area (Å²) >= 11 is 0. The van der Waals surface area contributed by atoms with Crippen molar-refractivity contribution in [2.75, 3.05) is 14.1 Å². The van der Waals surface area contributed by atoms with Gasteiger partial charge in [-0.1, -0.05) is 25.8 Å². The van der Waals surface area contributed by atoms with Crippen LogP contribution in [0.15, 0.2) is 24.3 Å². The molecule has 0 aliphatic carbocycles. The molecule has 0 saturated carbocycles. The van der Waals surface area contributed by atoms with Crippen molar-refractivity contribution in [3.05, 3.63) is 41.2 Å². The average molecular weight is 301 g/mol. The first-order chi connectivity index (χ1) is 10.4. The van der Waals surface area contributed by atoms with E-state index in [4.69, 9.17) is 11.2 Å². The monoisotopic (exact) mass is 301 g/mol. The molecule has 2 aromatic carbocycles. The van der Waals surface area contributed by atoms with Gasteiger partial charge in [-0.3, -0.25) is 0 Å². The summed E-state index contributed by atoms with van der Waals surface area (Å²) < 4.78 is 18.9. The van der Waals surface area contributed by atoms with E-state index in [1.807, 2.05) is 13.8 Å². The fraction of sp³-hybridized carbons (Fsp3) is 0.278. The Morgan fingerprint density at radius 1 is 1.27 bits per heavy atom. The van der Waals surface area contributed by atoms with Crippen LogP contribution < -0.4 is 4.74 Å². The molecule has 0 bridgehead atoms. The number of ether oxygens (including phenoxy) is 1. The van der Waals surface area contributed by atoms with Gasteiger partial charge in [0.05, 0.1) is 5.56 Å². The van der Waals surface area contributed by atoms with Crippen LogP contribution in [0.1, 0.15) is 25.0 Å². The van der Waals surface area contributed by atoms with Crippen molar-refractivity contribution < 1.29 is 13.9 Å². The average Bonchev–Trinajstić information content (AvgIpc) is 2.49. The summed E-state index contributed by atoms with van der Waals surface area (Å²) in [7, 11) is 3.20. The Morgan fingerprint density at radius 3 is 2.45 bits per heavy atom. The van der Waals surface area contributed by atoms with Crippen LogP contribution in [0.4, 0.5) is 9.18 Å². The van der Waals surface area contributed by atoms with Crippen LogP contribution in [0.5, 0.6) is 5.75 Å². The number of carbonyl (C=O) groups excluding carboxylic acids is 1. The molecule has 2 aromatic rings. The van der Waals surface area contributed by atoms with Crippen molar-refractivity contribution in [3.8, 4) is 18.1 Å². The van der Waals surface area contributed by atoms with Crippen molar-refractivity contribution >= 4 is 16.9 Å². The van der Waals surface area contributed by atoms with Gasteiger partial charge in [-0.05, 0) is 36.1 Å². The van der Waals surface area contributed by atoms with Gasteiger partial charge < -0.3 is 9.64 Å². The molecule has 0 radical (unpaired) electrons. The molecule has 22 heavy (non-hydrogen) atoms. The lowest BCUT2D eigenvalue weighted by molar-refractivity contribution is 0.172. The van der Waals surface area contributed by atoms with Crippen molar-refractivity contribution in [2.45, 2.75) is 20.8 Å². The number of nitrogens with zero attached hydrogens (tertiary/aromatic N) is 1. The van der Waals surface area contributed by atoms with Crippen molar-refractivity contribution in [3.63, 3.8) is 0 Å². The lowest BCUT2D eigenvalue weighted by Gasteiger charge is -2.13. The molecule has 0 aromatic heterocycles. The molecule has 2 rings (SSSR count). The minimum absolute atomic E-state index is 0.227. The molecule has 0 spiro atoms. The van der Waals surface area contributed by atoms with Gasteiger partial charge in [0.25, 0.3) is 0 Å². The number of hydrogen-bond donors (Lipinski definition) is 0. The third-order valence-corrected chi connectivity index (χ3v) is 2.95. The Labute approximate surface area is 130 Å². The molecular formula is C18H20FNO2. The third-order valence-electron chi connectivity index (χ3n) is 2.95. The standard InChI is InChI=1S/C16H14FNO2.C2H6/c1-5-13-14(17)7-6-11-9-12(8-10(2)15(11)13)20-16(19)18(3)4;1-2/h1,6-9H,2-4H3;1-2H3. The van der Waals surface area contributed by atoms with E-state index in [9.17, 15) is 9.18 Å². The van der Waals surface area contributed by atoms with Crippen molar-refractivity contribution in [2.24, 2.45) is 0 Å². The molecule has 116 valence electrons. The number of halogens is 1. The smallest absolute Gasteiger partial charge is 0.410 e. The number of benzene rings is 2. The second-order valence-electron chi connectivity index (χ2n) is 4.67. The minimum Gasteiger partial charge on any atom is -0.410 e. The number of terminal acetylenes is 1. The Morgan fingerprint density at radius 2 is 1.91 bits per heavy atom. The zero-order chi connectivity index (χ0) is 16.9. The van der Waals surface area contributed by atoms with Crippen LogP contribution in [0, 0.1) is 25.1 Å². The summed E-state index contributed by atoms with van der Waals surface area (Å²) in [5.41, 5.74) is 0.988. The first-order valence-corrected chi connectivity index (χ1v) is 7.02. The van der Waals surface area contributed by atoms with E-state index in [0.717, 1.165) is 10.9 Å². The first kappa shape index (κ1) is 17.5. The highest BCUT2D eigenvalue weighted by Gasteiger charge is 2.12. The molecule has 0 aliphatic rings. The molecule has 0 saturated heterocycles. The molecule has 0 fully saturated rings. The quantitative estimate of drug-likeness (QED) is 0.733. The van der Waals surface area contributed by atoms with E-state index in [1.54, 1.807) is 39.2 Å². The highest BCUT2D eigenvalue weighted by atomic mass is 19.1. The van der Waals surface area contributed by atoms with E-state index < -0.39 is 11.9 Å². The summed E-state index contributed by atoms with van der Waals surface area (Å²) in [6.07, 6.45) is 4.89.